The molecule has 0 aliphatic carbocycles. The molecular weight excluding hydrogens is 687 g/mol. The molecule has 0 aliphatic heterocycles. The summed E-state index contributed by atoms with van der Waals surface area (Å²) in [5, 5.41) is 0. The first kappa shape index (κ1) is 51.5. The number of hydrogen-bond acceptors (Lipinski definition) is 6. The quantitative estimate of drug-likeness (QED) is 0.0273. The molecule has 1 atom stereocenters. The Kier molecular flexibility index (Phi) is 39.1. The van der Waals surface area contributed by atoms with Gasteiger partial charge in [0.15, 0.2) is 6.10 Å². The first-order chi connectivity index (χ1) is 25.8. The van der Waals surface area contributed by atoms with Crippen molar-refractivity contribution >= 4 is 19.8 Å². The van der Waals surface area contributed by atoms with Crippen LogP contribution in [0.25, 0.3) is 0 Å². The van der Waals surface area contributed by atoms with E-state index in [9.17, 15) is 14.2 Å². The maximum atomic E-state index is 12.4. The Bertz CT molecular complexity index is 915. The summed E-state index contributed by atoms with van der Waals surface area (Å²) >= 11 is 0. The Labute approximate surface area is 326 Å². The van der Waals surface area contributed by atoms with Gasteiger partial charge in [-0.15, -0.1) is 0 Å². The number of rotatable bonds is 41. The summed E-state index contributed by atoms with van der Waals surface area (Å²) in [7, 11) is -4.75. The van der Waals surface area contributed by atoms with Gasteiger partial charge in [-0.05, 0) is 44.9 Å². The number of phosphoric ester groups is 1. The van der Waals surface area contributed by atoms with Crippen LogP contribution in [0.1, 0.15) is 226 Å². The highest BCUT2D eigenvalue weighted by Gasteiger charge is 2.22. The van der Waals surface area contributed by atoms with Crippen molar-refractivity contribution < 1.29 is 37.9 Å². The molecule has 0 radical (unpaired) electrons. The molecule has 0 bridgehead atoms. The Hall–Kier alpha value is -1.47. The van der Waals surface area contributed by atoms with Gasteiger partial charge >= 0.3 is 19.8 Å². The lowest BCUT2D eigenvalue weighted by molar-refractivity contribution is -0.161. The third-order valence-corrected chi connectivity index (χ3v) is 10.2. The predicted octanol–water partition coefficient (Wildman–Crippen LogP) is 13.6. The summed E-state index contributed by atoms with van der Waals surface area (Å²) in [6.07, 6.45) is 46.1. The van der Waals surface area contributed by atoms with Gasteiger partial charge < -0.3 is 19.3 Å². The summed E-state index contributed by atoms with van der Waals surface area (Å²) in [6, 6.07) is 0. The number of hydrogen-bond donors (Lipinski definition) is 2. The number of esters is 2. The molecule has 0 aromatic heterocycles. The molecule has 0 amide bonds. The highest BCUT2D eigenvalue weighted by atomic mass is 31.2. The highest BCUT2D eigenvalue weighted by molar-refractivity contribution is 7.46. The minimum atomic E-state index is -4.75. The van der Waals surface area contributed by atoms with Crippen LogP contribution < -0.4 is 0 Å². The fourth-order valence-corrected chi connectivity index (χ4v) is 6.77. The summed E-state index contributed by atoms with van der Waals surface area (Å²) < 4.78 is 26.4. The monoisotopic (exact) mass is 771 g/mol. The number of unbranched alkanes of at least 4 members (excludes halogenated alkanes) is 27. The average molecular weight is 771 g/mol. The van der Waals surface area contributed by atoms with E-state index >= 15 is 0 Å². The van der Waals surface area contributed by atoms with Gasteiger partial charge in [0.2, 0.25) is 0 Å². The van der Waals surface area contributed by atoms with Crippen molar-refractivity contribution in [2.24, 2.45) is 0 Å². The summed E-state index contributed by atoms with van der Waals surface area (Å²) in [6.45, 7) is 3.68. The van der Waals surface area contributed by atoms with Crippen LogP contribution in [0.15, 0.2) is 24.3 Å². The molecule has 9 heteroatoms. The summed E-state index contributed by atoms with van der Waals surface area (Å²) in [5.41, 5.74) is 0. The molecule has 0 aromatic rings. The van der Waals surface area contributed by atoms with E-state index in [0.717, 1.165) is 51.4 Å². The average Bonchev–Trinajstić information content (AvgIpc) is 3.13. The largest absolute Gasteiger partial charge is 0.469 e. The standard InChI is InChI=1S/C44H83O8P/c1-3-5-7-9-11-13-15-17-19-21-23-24-26-28-30-32-34-36-38-43(45)50-40-42(41-51-53(47,48)49)52-44(46)39-37-35-33-31-29-27-25-22-20-18-16-14-12-10-8-6-4-2/h12,14,18,20,42H,3-11,13,15-17,19,21-41H2,1-2H3,(H2,47,48,49)/b14-12-,20-18-/t42-/m1/s1. The molecule has 0 aromatic carbocycles. The van der Waals surface area contributed by atoms with E-state index in [4.69, 9.17) is 19.3 Å². The van der Waals surface area contributed by atoms with Crippen molar-refractivity contribution in [3.8, 4) is 0 Å². The molecule has 0 saturated heterocycles. The van der Waals surface area contributed by atoms with Crippen molar-refractivity contribution in [3.63, 3.8) is 0 Å². The first-order valence-corrected chi connectivity index (χ1v) is 23.7. The Morgan fingerprint density at radius 1 is 0.491 bits per heavy atom. The molecule has 0 rings (SSSR count). The third-order valence-electron chi connectivity index (χ3n) is 9.72. The Morgan fingerprint density at radius 2 is 0.849 bits per heavy atom. The van der Waals surface area contributed by atoms with Crippen LogP contribution in [-0.4, -0.2) is 41.0 Å². The Balaban J connectivity index is 3.87. The number of phosphoric acid groups is 1. The zero-order chi connectivity index (χ0) is 38.9. The van der Waals surface area contributed by atoms with Gasteiger partial charge in [0.25, 0.3) is 0 Å². The van der Waals surface area contributed by atoms with Crippen molar-refractivity contribution in [1.82, 2.24) is 0 Å². The second-order valence-corrected chi connectivity index (χ2v) is 16.3. The zero-order valence-corrected chi connectivity index (χ0v) is 35.3. The van der Waals surface area contributed by atoms with E-state index in [1.165, 1.54) is 141 Å². The second kappa shape index (κ2) is 40.2. The number of allylic oxidation sites excluding steroid dienone is 4. The van der Waals surface area contributed by atoms with Crippen molar-refractivity contribution in [2.45, 2.75) is 232 Å². The molecule has 0 unspecified atom stereocenters. The number of ether oxygens (including phenoxy) is 2. The summed E-state index contributed by atoms with van der Waals surface area (Å²) in [4.78, 5) is 42.9. The Morgan fingerprint density at radius 3 is 1.28 bits per heavy atom. The molecule has 0 saturated carbocycles. The van der Waals surface area contributed by atoms with Crippen LogP contribution in [0, 0.1) is 0 Å². The second-order valence-electron chi connectivity index (χ2n) is 15.0. The van der Waals surface area contributed by atoms with Crippen LogP contribution in [0.2, 0.25) is 0 Å². The first-order valence-electron chi connectivity index (χ1n) is 22.1. The fraction of sp³-hybridized carbons (Fsp3) is 0.864. The van der Waals surface area contributed by atoms with Crippen molar-refractivity contribution in [3.05, 3.63) is 24.3 Å². The molecule has 0 fully saturated rings. The van der Waals surface area contributed by atoms with Gasteiger partial charge in [-0.1, -0.05) is 192 Å². The van der Waals surface area contributed by atoms with Gasteiger partial charge in [-0.3, -0.25) is 14.1 Å². The van der Waals surface area contributed by atoms with E-state index in [1.54, 1.807) is 0 Å². The van der Waals surface area contributed by atoms with Crippen LogP contribution in [-0.2, 0) is 28.2 Å². The van der Waals surface area contributed by atoms with E-state index in [-0.39, 0.29) is 19.4 Å². The molecule has 8 nitrogen and oxygen atoms in total. The molecule has 0 aliphatic rings. The van der Waals surface area contributed by atoms with Crippen LogP contribution >= 0.6 is 7.82 Å². The molecule has 0 heterocycles. The molecule has 2 N–H and O–H groups in total. The van der Waals surface area contributed by atoms with Gasteiger partial charge in [-0.25, -0.2) is 4.57 Å². The smallest absolute Gasteiger partial charge is 0.462 e. The lowest BCUT2D eigenvalue weighted by atomic mass is 10.0. The SMILES string of the molecule is CCCCC/C=C\C/C=C\CCCCCCCCCC(=O)O[C@H](COC(=O)CCCCCCCCCCCCCCCCCCCC)COP(=O)(O)O. The van der Waals surface area contributed by atoms with Gasteiger partial charge in [0.05, 0.1) is 6.61 Å². The van der Waals surface area contributed by atoms with Crippen molar-refractivity contribution in [2.75, 3.05) is 13.2 Å². The maximum Gasteiger partial charge on any atom is 0.469 e. The van der Waals surface area contributed by atoms with Gasteiger partial charge in [0, 0.05) is 12.8 Å². The minimum Gasteiger partial charge on any atom is -0.462 e. The van der Waals surface area contributed by atoms with Crippen LogP contribution in [0.4, 0.5) is 0 Å². The fourth-order valence-electron chi connectivity index (χ4n) is 6.40. The van der Waals surface area contributed by atoms with E-state index in [2.05, 4.69) is 42.7 Å². The molecular formula is C44H83O8P. The molecule has 0 spiro atoms. The third kappa shape index (κ3) is 43.1. The number of carbonyl (C=O) groups excluding carboxylic acids is 2. The van der Waals surface area contributed by atoms with E-state index < -0.39 is 32.5 Å². The highest BCUT2D eigenvalue weighted by Crippen LogP contribution is 2.36. The van der Waals surface area contributed by atoms with Crippen molar-refractivity contribution in [1.29, 1.82) is 0 Å². The normalized spacial score (nSPS) is 12.6. The zero-order valence-electron chi connectivity index (χ0n) is 34.4. The molecule has 53 heavy (non-hydrogen) atoms. The predicted molar refractivity (Wildman–Crippen MR) is 221 cm³/mol. The molecule has 312 valence electrons. The minimum absolute atomic E-state index is 0.206. The topological polar surface area (TPSA) is 119 Å². The van der Waals surface area contributed by atoms with Crippen LogP contribution in [0.3, 0.4) is 0 Å². The van der Waals surface area contributed by atoms with E-state index in [0.29, 0.717) is 6.42 Å². The van der Waals surface area contributed by atoms with Gasteiger partial charge in [-0.2, -0.15) is 0 Å². The summed E-state index contributed by atoms with van der Waals surface area (Å²) in [5.74, 6) is -0.883. The lowest BCUT2D eigenvalue weighted by Gasteiger charge is -2.18. The van der Waals surface area contributed by atoms with Gasteiger partial charge in [0.1, 0.15) is 6.61 Å². The maximum absolute atomic E-state index is 12.4. The lowest BCUT2D eigenvalue weighted by Crippen LogP contribution is -2.29. The number of carbonyl (C=O) groups is 2. The van der Waals surface area contributed by atoms with Crippen LogP contribution in [0.5, 0.6) is 0 Å². The van der Waals surface area contributed by atoms with E-state index in [1.807, 2.05) is 0 Å².